The van der Waals surface area contributed by atoms with Crippen LogP contribution in [0, 0.1) is 3.57 Å². The summed E-state index contributed by atoms with van der Waals surface area (Å²) in [7, 11) is 0. The quantitative estimate of drug-likeness (QED) is 0.353. The van der Waals surface area contributed by atoms with Crippen molar-refractivity contribution in [2.75, 3.05) is 6.61 Å². The molecule has 2 aromatic carbocycles. The van der Waals surface area contributed by atoms with Crippen molar-refractivity contribution in [2.45, 2.75) is 19.9 Å². The van der Waals surface area contributed by atoms with Crippen LogP contribution in [0.4, 0.5) is 0 Å². The number of phenolic OH excluding ortho intramolecular Hbond substituents is 1. The van der Waals surface area contributed by atoms with Gasteiger partial charge in [0.2, 0.25) is 0 Å². The van der Waals surface area contributed by atoms with Crippen molar-refractivity contribution in [1.29, 1.82) is 0 Å². The number of aromatic hydroxyl groups is 1. The molecule has 0 amide bonds. The number of carbonyl (C=O) groups is 1. The average molecular weight is 625 g/mol. The molecule has 1 N–H and O–H groups in total. The van der Waals surface area contributed by atoms with Crippen molar-refractivity contribution < 1.29 is 14.6 Å². The zero-order valence-corrected chi connectivity index (χ0v) is 21.7. The number of nitrogens with zero attached hydrogens (tertiary/aromatic N) is 2. The van der Waals surface area contributed by atoms with E-state index in [-0.39, 0.29) is 17.9 Å². The number of ether oxygens (including phenoxy) is 1. The number of fused-ring (bicyclic) bond motifs is 1. The highest BCUT2D eigenvalue weighted by molar-refractivity contribution is 14.1. The lowest BCUT2D eigenvalue weighted by atomic mass is 9.96. The van der Waals surface area contributed by atoms with Crippen LogP contribution in [-0.4, -0.2) is 22.2 Å². The van der Waals surface area contributed by atoms with Gasteiger partial charge in [-0.05, 0) is 81.7 Å². The molecule has 1 aliphatic heterocycles. The fourth-order valence-electron chi connectivity index (χ4n) is 3.56. The van der Waals surface area contributed by atoms with E-state index in [9.17, 15) is 14.7 Å². The van der Waals surface area contributed by atoms with Crippen LogP contribution < -0.4 is 14.9 Å². The van der Waals surface area contributed by atoms with Crippen LogP contribution in [-0.2, 0) is 9.53 Å². The van der Waals surface area contributed by atoms with Crippen LogP contribution >= 0.6 is 49.9 Å². The van der Waals surface area contributed by atoms with E-state index in [1.54, 1.807) is 36.6 Å². The third kappa shape index (κ3) is 4.20. The van der Waals surface area contributed by atoms with Crippen molar-refractivity contribution in [3.8, 4) is 5.75 Å². The van der Waals surface area contributed by atoms with Gasteiger partial charge < -0.3 is 9.84 Å². The molecule has 2 heterocycles. The highest BCUT2D eigenvalue weighted by Gasteiger charge is 2.33. The van der Waals surface area contributed by atoms with Gasteiger partial charge in [-0.15, -0.1) is 0 Å². The molecule has 6 nitrogen and oxygen atoms in total. The molecule has 1 aliphatic rings. The molecule has 4 rings (SSSR count). The van der Waals surface area contributed by atoms with Crippen molar-refractivity contribution >= 4 is 61.9 Å². The number of carbonyl (C=O) groups excluding carboxylic acids is 1. The summed E-state index contributed by atoms with van der Waals surface area (Å²) in [6, 6.07) is 12.3. The Morgan fingerprint density at radius 3 is 2.72 bits per heavy atom. The van der Waals surface area contributed by atoms with Crippen molar-refractivity contribution in [1.82, 2.24) is 4.57 Å². The Morgan fingerprint density at radius 2 is 2.06 bits per heavy atom. The van der Waals surface area contributed by atoms with E-state index >= 15 is 0 Å². The number of benzene rings is 2. The summed E-state index contributed by atoms with van der Waals surface area (Å²) in [4.78, 5) is 31.4. The van der Waals surface area contributed by atoms with Gasteiger partial charge in [0.1, 0.15) is 5.75 Å². The molecule has 0 radical (unpaired) electrons. The Hall–Kier alpha value is -2.24. The van der Waals surface area contributed by atoms with E-state index in [2.05, 4.69) is 20.9 Å². The van der Waals surface area contributed by atoms with Gasteiger partial charge >= 0.3 is 5.97 Å². The van der Waals surface area contributed by atoms with Crippen LogP contribution in [0.3, 0.4) is 0 Å². The molecule has 0 spiro atoms. The third-order valence-corrected chi connectivity index (χ3v) is 7.38. The molecular formula is C23H18BrIN2O4S. The standard InChI is InChI=1S/C23H18BrIN2O4S/c1-3-31-22(30)18-12(2)26-23-27(19(18)14-7-5-4-6-8-14)21(29)17(32-23)11-13-9-15(24)20(28)16(25)10-13/h4-11,19,28H,3H2,1-2H3/b17-11+/t19-/m1/s1. The topological polar surface area (TPSA) is 80.9 Å². The fraction of sp³-hybridized carbons (Fsp3) is 0.174. The molecule has 0 unspecified atom stereocenters. The number of hydrogen-bond acceptors (Lipinski definition) is 6. The van der Waals surface area contributed by atoms with Gasteiger partial charge in [0.25, 0.3) is 5.56 Å². The Balaban J connectivity index is 1.96. The summed E-state index contributed by atoms with van der Waals surface area (Å²) >= 11 is 6.64. The summed E-state index contributed by atoms with van der Waals surface area (Å²) in [6.07, 6.45) is 1.77. The van der Waals surface area contributed by atoms with Gasteiger partial charge in [-0.1, -0.05) is 41.7 Å². The molecule has 0 fully saturated rings. The fourth-order valence-corrected chi connectivity index (χ4v) is 6.11. The number of allylic oxidation sites excluding steroid dienone is 1. The predicted octanol–water partition coefficient (Wildman–Crippen LogP) is 3.87. The summed E-state index contributed by atoms with van der Waals surface area (Å²) in [5.74, 6) is -0.322. The second kappa shape index (κ2) is 9.32. The average Bonchev–Trinajstić information content (AvgIpc) is 3.06. The van der Waals surface area contributed by atoms with Crippen molar-refractivity contribution in [3.63, 3.8) is 0 Å². The highest BCUT2D eigenvalue weighted by Crippen LogP contribution is 2.32. The minimum absolute atomic E-state index is 0.156. The minimum atomic E-state index is -0.625. The van der Waals surface area contributed by atoms with Crippen LogP contribution in [0.2, 0.25) is 0 Å². The Morgan fingerprint density at radius 1 is 1.34 bits per heavy atom. The smallest absolute Gasteiger partial charge is 0.338 e. The van der Waals surface area contributed by atoms with Gasteiger partial charge in [0.15, 0.2) is 4.80 Å². The summed E-state index contributed by atoms with van der Waals surface area (Å²) < 4.78 is 8.55. The minimum Gasteiger partial charge on any atom is -0.506 e. The monoisotopic (exact) mass is 624 g/mol. The van der Waals surface area contributed by atoms with Crippen molar-refractivity contribution in [3.05, 3.63) is 92.6 Å². The molecule has 0 saturated carbocycles. The molecule has 0 saturated heterocycles. The SMILES string of the molecule is CCOC(=O)C1=C(C)N=c2s/c(=C/c3cc(Br)c(O)c(I)c3)c(=O)n2[C@@H]1c1ccccc1. The number of thiazole rings is 1. The first-order chi connectivity index (χ1) is 15.3. The maximum Gasteiger partial charge on any atom is 0.338 e. The lowest BCUT2D eigenvalue weighted by molar-refractivity contribution is -0.139. The molecule has 1 aromatic heterocycles. The number of esters is 1. The molecule has 0 aliphatic carbocycles. The Labute approximate surface area is 209 Å². The second-order valence-electron chi connectivity index (χ2n) is 7.05. The molecule has 3 aromatic rings. The lowest BCUT2D eigenvalue weighted by Gasteiger charge is -2.24. The van der Waals surface area contributed by atoms with E-state index in [0.29, 0.717) is 28.6 Å². The normalized spacial score (nSPS) is 16.0. The largest absolute Gasteiger partial charge is 0.506 e. The molecule has 1 atom stereocenters. The van der Waals surface area contributed by atoms with E-state index in [1.165, 1.54) is 11.3 Å². The third-order valence-electron chi connectivity index (χ3n) is 4.97. The summed E-state index contributed by atoms with van der Waals surface area (Å²) in [5.41, 5.74) is 2.23. The molecule has 164 valence electrons. The van der Waals surface area contributed by atoms with Crippen LogP contribution in [0.25, 0.3) is 6.08 Å². The van der Waals surface area contributed by atoms with Gasteiger partial charge in [-0.2, -0.15) is 0 Å². The van der Waals surface area contributed by atoms with Gasteiger partial charge in [0, 0.05) is 0 Å². The van der Waals surface area contributed by atoms with Gasteiger partial charge in [-0.25, -0.2) is 9.79 Å². The van der Waals surface area contributed by atoms with E-state index < -0.39 is 12.0 Å². The molecule has 0 bridgehead atoms. The van der Waals surface area contributed by atoms with Crippen LogP contribution in [0.1, 0.15) is 31.0 Å². The van der Waals surface area contributed by atoms with Crippen molar-refractivity contribution in [2.24, 2.45) is 4.99 Å². The summed E-state index contributed by atoms with van der Waals surface area (Å²) in [6.45, 7) is 3.74. The van der Waals surface area contributed by atoms with Gasteiger partial charge in [0.05, 0.1) is 36.5 Å². The second-order valence-corrected chi connectivity index (χ2v) is 10.1. The number of rotatable bonds is 4. The molecule has 32 heavy (non-hydrogen) atoms. The first-order valence-corrected chi connectivity index (χ1v) is 12.4. The summed E-state index contributed by atoms with van der Waals surface area (Å²) in [5, 5.41) is 10.0. The lowest BCUT2D eigenvalue weighted by Crippen LogP contribution is -2.39. The van der Waals surface area contributed by atoms with E-state index in [1.807, 2.05) is 52.9 Å². The highest BCUT2D eigenvalue weighted by atomic mass is 127. The van der Waals surface area contributed by atoms with Gasteiger partial charge in [-0.3, -0.25) is 9.36 Å². The molecule has 9 heteroatoms. The number of aromatic nitrogens is 1. The van der Waals surface area contributed by atoms with Crippen LogP contribution in [0.5, 0.6) is 5.75 Å². The number of hydrogen-bond donors (Lipinski definition) is 1. The Bertz CT molecular complexity index is 1400. The maximum absolute atomic E-state index is 13.5. The maximum atomic E-state index is 13.5. The van der Waals surface area contributed by atoms with E-state index in [4.69, 9.17) is 4.74 Å². The molecular weight excluding hydrogens is 607 g/mol. The van der Waals surface area contributed by atoms with Crippen LogP contribution in [0.15, 0.2) is 68.0 Å². The first kappa shape index (κ1) is 22.9. The number of phenols is 1. The number of halogens is 2. The first-order valence-electron chi connectivity index (χ1n) is 9.74. The van der Waals surface area contributed by atoms with E-state index in [0.717, 1.165) is 11.1 Å². The zero-order valence-electron chi connectivity index (χ0n) is 17.1. The Kier molecular flexibility index (Phi) is 6.68. The zero-order chi connectivity index (χ0) is 23.0. The predicted molar refractivity (Wildman–Crippen MR) is 135 cm³/mol.